The lowest BCUT2D eigenvalue weighted by molar-refractivity contribution is 0.448. The van der Waals surface area contributed by atoms with Crippen molar-refractivity contribution in [2.45, 2.75) is 6.92 Å². The van der Waals surface area contributed by atoms with Crippen LogP contribution in [-0.2, 0) is 0 Å². The highest BCUT2D eigenvalue weighted by molar-refractivity contribution is 9.10. The van der Waals surface area contributed by atoms with Crippen molar-refractivity contribution in [3.8, 4) is 11.6 Å². The second-order valence-electron chi connectivity index (χ2n) is 4.50. The molecule has 0 aliphatic carbocycles. The predicted octanol–water partition coefficient (Wildman–Crippen LogP) is 4.91. The van der Waals surface area contributed by atoms with Crippen LogP contribution in [0.2, 0.25) is 0 Å². The third kappa shape index (κ3) is 2.52. The molecule has 7 heteroatoms. The predicted molar refractivity (Wildman–Crippen MR) is 78.4 cm³/mol. The molecule has 0 saturated heterocycles. The fourth-order valence-electron chi connectivity index (χ4n) is 1.90. The van der Waals surface area contributed by atoms with Crippen LogP contribution in [0.3, 0.4) is 0 Å². The fraction of sp³-hybridized carbons (Fsp3) is 0.0667. The Morgan fingerprint density at radius 1 is 1.00 bits per heavy atom. The average Bonchev–Trinajstić information content (AvgIpc) is 2.49. The van der Waals surface area contributed by atoms with E-state index in [1.54, 1.807) is 13.0 Å². The molecule has 2 aromatic carbocycles. The Hall–Kier alpha value is -2.15. The molecule has 0 spiro atoms. The first-order valence-corrected chi connectivity index (χ1v) is 7.01. The summed E-state index contributed by atoms with van der Waals surface area (Å²) in [6.45, 7) is 1.54. The first kappa shape index (κ1) is 14.8. The van der Waals surface area contributed by atoms with Gasteiger partial charge in [0.15, 0.2) is 11.6 Å². The van der Waals surface area contributed by atoms with Crippen molar-refractivity contribution in [1.29, 1.82) is 0 Å². The highest BCUT2D eigenvalue weighted by Gasteiger charge is 2.15. The summed E-state index contributed by atoms with van der Waals surface area (Å²) in [7, 11) is 0. The molecule has 0 radical (unpaired) electrons. The van der Waals surface area contributed by atoms with Gasteiger partial charge in [-0.3, -0.25) is 0 Å². The molecule has 3 rings (SSSR count). The monoisotopic (exact) mass is 368 g/mol. The van der Waals surface area contributed by atoms with E-state index in [2.05, 4.69) is 25.9 Å². The van der Waals surface area contributed by atoms with E-state index in [4.69, 9.17) is 4.74 Å². The van der Waals surface area contributed by atoms with Gasteiger partial charge in [-0.05, 0) is 47.1 Å². The highest BCUT2D eigenvalue weighted by atomic mass is 79.9. The van der Waals surface area contributed by atoms with Crippen molar-refractivity contribution < 1.29 is 17.9 Å². The largest absolute Gasteiger partial charge is 0.436 e. The van der Waals surface area contributed by atoms with Gasteiger partial charge >= 0.3 is 0 Å². The van der Waals surface area contributed by atoms with Crippen LogP contribution in [0.15, 0.2) is 34.8 Å². The van der Waals surface area contributed by atoms with Gasteiger partial charge < -0.3 is 4.74 Å². The minimum atomic E-state index is -1.06. The number of halogens is 4. The lowest BCUT2D eigenvalue weighted by atomic mass is 10.2. The van der Waals surface area contributed by atoms with Gasteiger partial charge in [0.1, 0.15) is 22.8 Å². The topological polar surface area (TPSA) is 35.0 Å². The zero-order chi connectivity index (χ0) is 15.9. The van der Waals surface area contributed by atoms with E-state index in [9.17, 15) is 13.2 Å². The van der Waals surface area contributed by atoms with Crippen molar-refractivity contribution in [2.24, 2.45) is 0 Å². The zero-order valence-corrected chi connectivity index (χ0v) is 12.8. The minimum Gasteiger partial charge on any atom is -0.436 e. The van der Waals surface area contributed by atoms with Crippen LogP contribution in [0.5, 0.6) is 11.6 Å². The molecule has 0 N–H and O–H groups in total. The fourth-order valence-corrected chi connectivity index (χ4v) is 2.24. The second kappa shape index (κ2) is 5.57. The van der Waals surface area contributed by atoms with E-state index in [0.29, 0.717) is 0 Å². The molecule has 0 bridgehead atoms. The van der Waals surface area contributed by atoms with Crippen molar-refractivity contribution in [1.82, 2.24) is 9.97 Å². The second-order valence-corrected chi connectivity index (χ2v) is 5.29. The normalized spacial score (nSPS) is 11.0. The highest BCUT2D eigenvalue weighted by Crippen LogP contribution is 2.32. The smallest absolute Gasteiger partial charge is 0.241 e. The number of fused-ring (bicyclic) bond motifs is 1. The lowest BCUT2D eigenvalue weighted by Gasteiger charge is -2.10. The Bertz CT molecular complexity index is 886. The number of ether oxygens (including phenoxy) is 1. The number of benzene rings is 2. The standard InChI is InChI=1S/C15H8BrF3N2O/c1-7-15(22-11-4-2-3-8(17)12(11)16)21-10-6-5-9(18)13(19)14(10)20-7/h2-6H,1H3. The molecule has 1 heterocycles. The maximum Gasteiger partial charge on any atom is 0.241 e. The van der Waals surface area contributed by atoms with Crippen LogP contribution in [0.1, 0.15) is 5.69 Å². The van der Waals surface area contributed by atoms with Crippen molar-refractivity contribution in [2.75, 3.05) is 0 Å². The molecule has 0 fully saturated rings. The molecule has 0 unspecified atom stereocenters. The van der Waals surface area contributed by atoms with E-state index in [0.717, 1.165) is 6.07 Å². The SMILES string of the molecule is Cc1nc2c(F)c(F)ccc2nc1Oc1cccc(F)c1Br. The molecule has 1 aromatic heterocycles. The molecule has 22 heavy (non-hydrogen) atoms. The first-order valence-electron chi connectivity index (χ1n) is 6.21. The van der Waals surface area contributed by atoms with Crippen LogP contribution in [0.25, 0.3) is 11.0 Å². The van der Waals surface area contributed by atoms with E-state index in [1.165, 1.54) is 18.2 Å². The minimum absolute atomic E-state index is 0.0878. The maximum atomic E-state index is 13.7. The summed E-state index contributed by atoms with van der Waals surface area (Å²) in [5.74, 6) is -2.25. The lowest BCUT2D eigenvalue weighted by Crippen LogP contribution is -1.99. The summed E-state index contributed by atoms with van der Waals surface area (Å²) in [5, 5.41) is 0. The number of nitrogens with zero attached hydrogens (tertiary/aromatic N) is 2. The van der Waals surface area contributed by atoms with Crippen LogP contribution in [0, 0.1) is 24.4 Å². The van der Waals surface area contributed by atoms with Gasteiger partial charge in [-0.15, -0.1) is 0 Å². The van der Waals surface area contributed by atoms with Crippen LogP contribution >= 0.6 is 15.9 Å². The van der Waals surface area contributed by atoms with E-state index >= 15 is 0 Å². The van der Waals surface area contributed by atoms with E-state index < -0.39 is 17.5 Å². The van der Waals surface area contributed by atoms with Crippen LogP contribution in [0.4, 0.5) is 13.2 Å². The molecule has 3 nitrogen and oxygen atoms in total. The average molecular weight is 369 g/mol. The Morgan fingerprint density at radius 2 is 1.77 bits per heavy atom. The molecule has 3 aromatic rings. The molecule has 112 valence electrons. The molecule has 0 aliphatic rings. The molecule has 0 amide bonds. The molecular formula is C15H8BrF3N2O. The van der Waals surface area contributed by atoms with Crippen LogP contribution in [-0.4, -0.2) is 9.97 Å². The number of rotatable bonds is 2. The summed E-state index contributed by atoms with van der Waals surface area (Å²) < 4.78 is 46.0. The van der Waals surface area contributed by atoms with Crippen molar-refractivity contribution >= 4 is 27.0 Å². The Kier molecular flexibility index (Phi) is 3.74. The summed E-state index contributed by atoms with van der Waals surface area (Å²) in [6, 6.07) is 6.56. The Labute approximate surface area is 131 Å². The number of hydrogen-bond donors (Lipinski definition) is 0. The quantitative estimate of drug-likeness (QED) is 0.644. The Balaban J connectivity index is 2.10. The third-order valence-electron chi connectivity index (χ3n) is 2.98. The van der Waals surface area contributed by atoms with Gasteiger partial charge in [0, 0.05) is 0 Å². The molecular weight excluding hydrogens is 361 g/mol. The van der Waals surface area contributed by atoms with Crippen molar-refractivity contribution in [3.05, 3.63) is 58.0 Å². The molecule has 0 atom stereocenters. The number of aromatic nitrogens is 2. The third-order valence-corrected chi connectivity index (χ3v) is 3.75. The van der Waals surface area contributed by atoms with Crippen LogP contribution < -0.4 is 4.74 Å². The van der Waals surface area contributed by atoms with E-state index in [-0.39, 0.29) is 32.8 Å². The van der Waals surface area contributed by atoms with Gasteiger partial charge in [0.05, 0.1) is 9.99 Å². The molecule has 0 aliphatic heterocycles. The summed E-state index contributed by atoms with van der Waals surface area (Å²) in [6.07, 6.45) is 0. The number of hydrogen-bond acceptors (Lipinski definition) is 3. The van der Waals surface area contributed by atoms with Gasteiger partial charge in [-0.2, -0.15) is 0 Å². The Morgan fingerprint density at radius 3 is 2.55 bits per heavy atom. The van der Waals surface area contributed by atoms with E-state index in [1.807, 2.05) is 0 Å². The van der Waals surface area contributed by atoms with Gasteiger partial charge in [0.25, 0.3) is 0 Å². The zero-order valence-electron chi connectivity index (χ0n) is 11.2. The first-order chi connectivity index (χ1) is 10.5. The van der Waals surface area contributed by atoms with Gasteiger partial charge in [-0.25, -0.2) is 23.1 Å². The summed E-state index contributed by atoms with van der Waals surface area (Å²) >= 11 is 3.08. The van der Waals surface area contributed by atoms with Gasteiger partial charge in [0.2, 0.25) is 5.88 Å². The molecule has 0 saturated carbocycles. The summed E-state index contributed by atoms with van der Waals surface area (Å²) in [4.78, 5) is 8.08. The maximum absolute atomic E-state index is 13.7. The summed E-state index contributed by atoms with van der Waals surface area (Å²) in [5.41, 5.74) is 0.225. The van der Waals surface area contributed by atoms with Gasteiger partial charge in [-0.1, -0.05) is 6.07 Å². The number of aryl methyl sites for hydroxylation is 1. The van der Waals surface area contributed by atoms with Crippen molar-refractivity contribution in [3.63, 3.8) is 0 Å².